The molecule has 9 heteroatoms. The largest absolute Gasteiger partial charge is 0.494 e. The summed E-state index contributed by atoms with van der Waals surface area (Å²) in [6.07, 6.45) is 5.99. The summed E-state index contributed by atoms with van der Waals surface area (Å²) in [4.78, 5) is 16.1. The summed E-state index contributed by atoms with van der Waals surface area (Å²) in [7, 11) is -2.35. The van der Waals surface area contributed by atoms with Gasteiger partial charge in [-0.3, -0.25) is 4.79 Å². The molecule has 1 aromatic heterocycles. The Hall–Kier alpha value is -2.39. The van der Waals surface area contributed by atoms with Crippen molar-refractivity contribution in [2.75, 3.05) is 26.7 Å². The first kappa shape index (κ1) is 20.9. The molecular weight excluding hydrogens is 368 g/mol. The Labute approximate surface area is 160 Å². The fraction of sp³-hybridized carbons (Fsp3) is 0.444. The average molecular weight is 394 g/mol. The maximum atomic E-state index is 12.7. The molecule has 0 atom stereocenters. The van der Waals surface area contributed by atoms with Crippen LogP contribution >= 0.6 is 0 Å². The van der Waals surface area contributed by atoms with E-state index in [1.165, 1.54) is 13.1 Å². The highest BCUT2D eigenvalue weighted by Gasteiger charge is 2.23. The fourth-order valence-corrected chi connectivity index (χ4v) is 3.74. The lowest BCUT2D eigenvalue weighted by molar-refractivity contribution is -0.121. The molecule has 8 nitrogen and oxygen atoms in total. The number of hydrogen-bond donors (Lipinski definition) is 1. The number of aryl methyl sites for hydroxylation is 2. The fourth-order valence-electron chi connectivity index (χ4n) is 2.53. The van der Waals surface area contributed by atoms with Crippen molar-refractivity contribution in [3.8, 4) is 5.75 Å². The first-order chi connectivity index (χ1) is 12.8. The summed E-state index contributed by atoms with van der Waals surface area (Å²) in [6, 6.07) is 4.68. The molecule has 0 saturated carbocycles. The number of nitrogens with one attached hydrogen (secondary N) is 1. The zero-order chi connectivity index (χ0) is 19.9. The van der Waals surface area contributed by atoms with Crippen molar-refractivity contribution in [2.45, 2.75) is 31.7 Å². The van der Waals surface area contributed by atoms with Crippen LogP contribution in [0.5, 0.6) is 5.75 Å². The number of ether oxygens (including phenoxy) is 1. The number of carbonyl (C=O) groups is 1. The number of carbonyl (C=O) groups excluding carboxylic acids is 1. The molecule has 0 radical (unpaired) electrons. The predicted octanol–water partition coefficient (Wildman–Crippen LogP) is 1.42. The number of imidazole rings is 1. The second-order valence-corrected chi connectivity index (χ2v) is 8.17. The van der Waals surface area contributed by atoms with Crippen molar-refractivity contribution >= 4 is 15.9 Å². The number of benzene rings is 1. The van der Waals surface area contributed by atoms with Crippen LogP contribution in [-0.2, 0) is 21.4 Å². The minimum atomic E-state index is -3.75. The zero-order valence-corrected chi connectivity index (χ0v) is 16.7. The molecule has 27 heavy (non-hydrogen) atoms. The van der Waals surface area contributed by atoms with E-state index in [0.29, 0.717) is 18.9 Å². The van der Waals surface area contributed by atoms with Crippen molar-refractivity contribution in [1.82, 2.24) is 19.2 Å². The van der Waals surface area contributed by atoms with E-state index < -0.39 is 10.0 Å². The molecule has 0 aliphatic heterocycles. The molecule has 0 saturated heterocycles. The van der Waals surface area contributed by atoms with Gasteiger partial charge in [-0.05, 0) is 44.0 Å². The van der Waals surface area contributed by atoms with E-state index in [1.54, 1.807) is 31.6 Å². The molecule has 1 heterocycles. The van der Waals surface area contributed by atoms with Gasteiger partial charge in [0.05, 0.1) is 24.4 Å². The van der Waals surface area contributed by atoms with Crippen LogP contribution in [-0.4, -0.2) is 54.9 Å². The second-order valence-electron chi connectivity index (χ2n) is 6.13. The number of nitrogens with zero attached hydrogens (tertiary/aromatic N) is 3. The van der Waals surface area contributed by atoms with Gasteiger partial charge in [-0.25, -0.2) is 13.4 Å². The molecule has 1 N–H and O–H groups in total. The minimum Gasteiger partial charge on any atom is -0.494 e. The lowest BCUT2D eigenvalue weighted by Crippen LogP contribution is -2.38. The van der Waals surface area contributed by atoms with E-state index in [1.807, 2.05) is 17.7 Å². The summed E-state index contributed by atoms with van der Waals surface area (Å²) in [5, 5.41) is 2.74. The van der Waals surface area contributed by atoms with Gasteiger partial charge in [0.1, 0.15) is 5.75 Å². The molecular formula is C18H26N4O4S. The van der Waals surface area contributed by atoms with Gasteiger partial charge in [-0.2, -0.15) is 4.31 Å². The summed E-state index contributed by atoms with van der Waals surface area (Å²) in [5.74, 6) is 0.309. The van der Waals surface area contributed by atoms with Gasteiger partial charge in [0.15, 0.2) is 0 Å². The molecule has 0 unspecified atom stereocenters. The zero-order valence-electron chi connectivity index (χ0n) is 15.9. The number of sulfonamides is 1. The molecule has 1 amide bonds. The van der Waals surface area contributed by atoms with Gasteiger partial charge < -0.3 is 14.6 Å². The van der Waals surface area contributed by atoms with E-state index in [0.717, 1.165) is 22.8 Å². The lowest BCUT2D eigenvalue weighted by atomic mass is 10.2. The van der Waals surface area contributed by atoms with Gasteiger partial charge in [0.25, 0.3) is 0 Å². The summed E-state index contributed by atoms with van der Waals surface area (Å²) >= 11 is 0. The normalized spacial score (nSPS) is 11.6. The van der Waals surface area contributed by atoms with Crippen molar-refractivity contribution in [3.63, 3.8) is 0 Å². The van der Waals surface area contributed by atoms with Gasteiger partial charge in [-0.1, -0.05) is 0 Å². The second kappa shape index (κ2) is 9.52. The SMILES string of the molecule is CCOc1ccc(S(=O)(=O)N(C)CC(=O)NCCCn2ccnc2)cc1C. The molecule has 2 rings (SSSR count). The van der Waals surface area contributed by atoms with Crippen molar-refractivity contribution < 1.29 is 17.9 Å². The van der Waals surface area contributed by atoms with E-state index >= 15 is 0 Å². The molecule has 148 valence electrons. The van der Waals surface area contributed by atoms with Crippen LogP contribution in [0.2, 0.25) is 0 Å². The Morgan fingerprint density at radius 2 is 2.15 bits per heavy atom. The lowest BCUT2D eigenvalue weighted by Gasteiger charge is -2.18. The Morgan fingerprint density at radius 1 is 1.37 bits per heavy atom. The van der Waals surface area contributed by atoms with E-state index in [-0.39, 0.29) is 17.3 Å². The van der Waals surface area contributed by atoms with Crippen molar-refractivity contribution in [3.05, 3.63) is 42.5 Å². The molecule has 0 spiro atoms. The highest BCUT2D eigenvalue weighted by Crippen LogP contribution is 2.23. The Morgan fingerprint density at radius 3 is 2.78 bits per heavy atom. The van der Waals surface area contributed by atoms with Crippen molar-refractivity contribution in [1.29, 1.82) is 0 Å². The third-order valence-corrected chi connectivity index (χ3v) is 5.79. The molecule has 0 fully saturated rings. The Balaban J connectivity index is 1.88. The molecule has 2 aromatic rings. The number of aromatic nitrogens is 2. The van der Waals surface area contributed by atoms with E-state index in [2.05, 4.69) is 10.3 Å². The van der Waals surface area contributed by atoms with Crippen LogP contribution in [0.4, 0.5) is 0 Å². The van der Waals surface area contributed by atoms with Crippen LogP contribution in [0.25, 0.3) is 0 Å². The highest BCUT2D eigenvalue weighted by atomic mass is 32.2. The number of amides is 1. The third kappa shape index (κ3) is 5.80. The van der Waals surface area contributed by atoms with Crippen LogP contribution in [0, 0.1) is 6.92 Å². The van der Waals surface area contributed by atoms with Crippen molar-refractivity contribution in [2.24, 2.45) is 0 Å². The van der Waals surface area contributed by atoms with Crippen LogP contribution < -0.4 is 10.1 Å². The maximum absolute atomic E-state index is 12.7. The quantitative estimate of drug-likeness (QED) is 0.615. The first-order valence-corrected chi connectivity index (χ1v) is 10.2. The monoisotopic (exact) mass is 394 g/mol. The van der Waals surface area contributed by atoms with Gasteiger partial charge in [-0.15, -0.1) is 0 Å². The number of hydrogen-bond acceptors (Lipinski definition) is 5. The van der Waals surface area contributed by atoms with Crippen LogP contribution in [0.3, 0.4) is 0 Å². The standard InChI is InChI=1S/C18H26N4O4S/c1-4-26-17-7-6-16(12-15(17)2)27(24,25)21(3)13-18(23)20-8-5-10-22-11-9-19-14-22/h6-7,9,11-12,14H,4-5,8,10,13H2,1-3H3,(H,20,23). The van der Waals surface area contributed by atoms with E-state index in [4.69, 9.17) is 4.74 Å². The van der Waals surface area contributed by atoms with Gasteiger partial charge in [0.2, 0.25) is 15.9 Å². The topological polar surface area (TPSA) is 93.5 Å². The summed E-state index contributed by atoms with van der Waals surface area (Å²) in [5.41, 5.74) is 0.732. The Bertz CT molecular complexity index is 850. The summed E-state index contributed by atoms with van der Waals surface area (Å²) in [6.45, 7) is 5.13. The minimum absolute atomic E-state index is 0.138. The smallest absolute Gasteiger partial charge is 0.243 e. The van der Waals surface area contributed by atoms with Crippen LogP contribution in [0.15, 0.2) is 41.8 Å². The molecule has 1 aromatic carbocycles. The van der Waals surface area contributed by atoms with E-state index in [9.17, 15) is 13.2 Å². The maximum Gasteiger partial charge on any atom is 0.243 e. The molecule has 0 bridgehead atoms. The van der Waals surface area contributed by atoms with Gasteiger partial charge >= 0.3 is 0 Å². The molecule has 0 aliphatic rings. The predicted molar refractivity (Wildman–Crippen MR) is 102 cm³/mol. The van der Waals surface area contributed by atoms with Gasteiger partial charge in [0, 0.05) is 32.5 Å². The molecule has 0 aliphatic carbocycles. The number of rotatable bonds is 10. The number of likely N-dealkylation sites (N-methyl/N-ethyl adjacent to an activating group) is 1. The third-order valence-electron chi connectivity index (χ3n) is 4.00. The van der Waals surface area contributed by atoms with Crippen LogP contribution in [0.1, 0.15) is 18.9 Å². The highest BCUT2D eigenvalue weighted by molar-refractivity contribution is 7.89. The average Bonchev–Trinajstić information content (AvgIpc) is 3.14. The summed E-state index contributed by atoms with van der Waals surface area (Å²) < 4.78 is 33.7. The first-order valence-electron chi connectivity index (χ1n) is 8.77. The Kier molecular flexibility index (Phi) is 7.37.